The predicted molar refractivity (Wildman–Crippen MR) is 67.4 cm³/mol. The van der Waals surface area contributed by atoms with Crippen molar-refractivity contribution < 1.29 is 0 Å². The minimum Gasteiger partial charge on any atom is -0.317 e. The first-order valence-electron chi connectivity index (χ1n) is 5.85. The van der Waals surface area contributed by atoms with Gasteiger partial charge in [0.25, 0.3) is 0 Å². The van der Waals surface area contributed by atoms with E-state index in [-0.39, 0.29) is 0 Å². The predicted octanol–water partition coefficient (Wildman–Crippen LogP) is 0.857. The maximum Gasteiger partial charge on any atom is 0.0378 e. The van der Waals surface area contributed by atoms with Crippen molar-refractivity contribution in [3.05, 3.63) is 29.1 Å². The Bertz CT molecular complexity index is 331. The lowest BCUT2D eigenvalue weighted by atomic mass is 9.91. The number of hydrogen-bond acceptors (Lipinski definition) is 2. The zero-order chi connectivity index (χ0) is 10.8. The molecule has 2 heterocycles. The second kappa shape index (κ2) is 4.45. The highest BCUT2D eigenvalue weighted by Gasteiger charge is 2.22. The van der Waals surface area contributed by atoms with Gasteiger partial charge in [0.1, 0.15) is 0 Å². The van der Waals surface area contributed by atoms with Gasteiger partial charge in [0.15, 0.2) is 0 Å². The van der Waals surface area contributed by atoms with Crippen LogP contribution in [-0.2, 0) is 0 Å². The Morgan fingerprint density at radius 3 is 2.60 bits per heavy atom. The van der Waals surface area contributed by atoms with Crippen LogP contribution in [0.15, 0.2) is 12.1 Å². The molecule has 2 atom stereocenters. The van der Waals surface area contributed by atoms with Crippen LogP contribution >= 0.6 is 0 Å². The normalized spacial score (nSPS) is 26.8. The second-order valence-electron chi connectivity index (χ2n) is 4.67. The van der Waals surface area contributed by atoms with E-state index < -0.39 is 0 Å². The van der Waals surface area contributed by atoms with Gasteiger partial charge in [0.2, 0.25) is 0 Å². The van der Waals surface area contributed by atoms with Gasteiger partial charge in [-0.2, -0.15) is 0 Å². The van der Waals surface area contributed by atoms with Gasteiger partial charge in [-0.25, -0.2) is 0 Å². The average Bonchev–Trinajstić information content (AvgIpc) is 2.16. The third kappa shape index (κ3) is 2.47. The quantitative estimate of drug-likeness (QED) is 0.710. The van der Waals surface area contributed by atoms with E-state index in [2.05, 4.69) is 36.3 Å². The Morgan fingerprint density at radius 2 is 2.00 bits per heavy atom. The molecule has 0 aromatic carbocycles. The van der Waals surface area contributed by atoms with Crippen LogP contribution in [0.2, 0.25) is 0 Å². The molecule has 1 aliphatic heterocycles. The van der Waals surface area contributed by atoms with Crippen molar-refractivity contribution in [1.82, 2.24) is 10.3 Å². The molecule has 0 saturated carbocycles. The summed E-state index contributed by atoms with van der Waals surface area (Å²) in [6.45, 7) is 5.39. The van der Waals surface area contributed by atoms with Crippen molar-refractivity contribution in [3.8, 4) is 0 Å². The molecule has 1 saturated heterocycles. The molecule has 0 spiro atoms. The highest BCUT2D eigenvalue weighted by Crippen LogP contribution is 2.27. The van der Waals surface area contributed by atoms with Crippen LogP contribution in [0.3, 0.4) is 0 Å². The molecule has 1 N–H and O–H groups in total. The fraction of sp³-hybridized carbons (Fsp3) is 0.583. The Hall–Kier alpha value is -0.673. The van der Waals surface area contributed by atoms with Crippen molar-refractivity contribution >= 4 is 10.2 Å². The number of pyridine rings is 1. The smallest absolute Gasteiger partial charge is 0.0378 e. The Kier molecular flexibility index (Phi) is 3.22. The number of nitrogens with zero attached hydrogens (tertiary/aromatic N) is 1. The van der Waals surface area contributed by atoms with Gasteiger partial charge in [0.05, 0.1) is 0 Å². The van der Waals surface area contributed by atoms with E-state index in [0.717, 1.165) is 23.0 Å². The molecule has 1 fully saturated rings. The summed E-state index contributed by atoms with van der Waals surface area (Å²) in [5.74, 6) is 0.728. The summed E-state index contributed by atoms with van der Waals surface area (Å²) in [6.07, 6.45) is 2.65. The van der Waals surface area contributed by atoms with Crippen LogP contribution in [0.4, 0.5) is 0 Å². The summed E-state index contributed by atoms with van der Waals surface area (Å²) in [5.41, 5.74) is 4.54. The Morgan fingerprint density at radius 1 is 1.33 bits per heavy atom. The first-order chi connectivity index (χ1) is 7.16. The van der Waals surface area contributed by atoms with Crippen LogP contribution < -0.4 is 5.32 Å². The lowest BCUT2D eigenvalue weighted by Crippen LogP contribution is -2.40. The average molecular weight is 220 g/mol. The molecular weight excluding hydrogens is 200 g/mol. The van der Waals surface area contributed by atoms with Gasteiger partial charge < -0.3 is 5.32 Å². The van der Waals surface area contributed by atoms with E-state index in [1.54, 1.807) is 0 Å². The molecule has 3 heteroatoms. The highest BCUT2D eigenvalue weighted by molar-refractivity contribution is 6.12. The summed E-state index contributed by atoms with van der Waals surface area (Å²) < 4.78 is 0. The first-order valence-corrected chi connectivity index (χ1v) is 7.01. The van der Waals surface area contributed by atoms with E-state index in [9.17, 15) is 0 Å². The molecule has 15 heavy (non-hydrogen) atoms. The summed E-state index contributed by atoms with van der Waals surface area (Å²) in [7, 11) is 1.23. The van der Waals surface area contributed by atoms with Crippen molar-refractivity contribution in [2.24, 2.45) is 0 Å². The lowest BCUT2D eigenvalue weighted by molar-refractivity contribution is 0.427. The van der Waals surface area contributed by atoms with Gasteiger partial charge in [-0.3, -0.25) is 4.98 Å². The Labute approximate surface area is 94.9 Å². The number of hydrogen-bond donors (Lipinski definition) is 1. The van der Waals surface area contributed by atoms with E-state index in [1.807, 2.05) is 0 Å². The third-order valence-electron chi connectivity index (χ3n) is 3.29. The fourth-order valence-corrected chi connectivity index (χ4v) is 3.59. The lowest BCUT2D eigenvalue weighted by Gasteiger charge is -2.30. The number of rotatable bonds is 1. The molecule has 1 aromatic heterocycles. The molecule has 82 valence electrons. The van der Waals surface area contributed by atoms with E-state index in [4.69, 9.17) is 0 Å². The standard InChI is InChI=1S/C12H20N2Si/c1-8-6-10(7-9(2)14-8)11-4-3-5-13-12(11)15/h6-7,11-13H,3-5H2,1-2,15H3. The van der Waals surface area contributed by atoms with Crippen LogP contribution in [0.1, 0.15) is 35.7 Å². The van der Waals surface area contributed by atoms with Crippen molar-refractivity contribution in [1.29, 1.82) is 0 Å². The monoisotopic (exact) mass is 220 g/mol. The van der Waals surface area contributed by atoms with Gasteiger partial charge >= 0.3 is 0 Å². The fourth-order valence-electron chi connectivity index (χ4n) is 2.58. The molecule has 2 unspecified atom stereocenters. The molecule has 1 aromatic rings. The topological polar surface area (TPSA) is 24.9 Å². The number of nitrogens with one attached hydrogen (secondary N) is 1. The van der Waals surface area contributed by atoms with Gasteiger partial charge in [0, 0.05) is 21.6 Å². The number of aromatic nitrogens is 1. The zero-order valence-electron chi connectivity index (χ0n) is 9.88. The Balaban J connectivity index is 2.27. The zero-order valence-corrected chi connectivity index (χ0v) is 11.9. The van der Waals surface area contributed by atoms with Crippen LogP contribution in [-0.4, -0.2) is 27.4 Å². The summed E-state index contributed by atoms with van der Waals surface area (Å²) in [6, 6.07) is 4.52. The van der Waals surface area contributed by atoms with Crippen molar-refractivity contribution in [2.75, 3.05) is 6.54 Å². The number of piperidine rings is 1. The second-order valence-corrected chi connectivity index (χ2v) is 5.92. The largest absolute Gasteiger partial charge is 0.317 e. The van der Waals surface area contributed by atoms with Crippen LogP contribution in [0, 0.1) is 13.8 Å². The highest BCUT2D eigenvalue weighted by atomic mass is 28.1. The summed E-state index contributed by atoms with van der Waals surface area (Å²) in [5, 5.41) is 3.61. The maximum absolute atomic E-state index is 4.45. The minimum atomic E-state index is 0.728. The first kappa shape index (κ1) is 10.8. The van der Waals surface area contributed by atoms with Crippen LogP contribution in [0.5, 0.6) is 0 Å². The van der Waals surface area contributed by atoms with Crippen molar-refractivity contribution in [2.45, 2.75) is 38.3 Å². The maximum atomic E-state index is 4.45. The molecular formula is C12H20N2Si. The van der Waals surface area contributed by atoms with Gasteiger partial charge in [-0.1, -0.05) is 0 Å². The molecule has 2 rings (SSSR count). The molecule has 2 nitrogen and oxygen atoms in total. The molecule has 0 bridgehead atoms. The van der Waals surface area contributed by atoms with Crippen LogP contribution in [0.25, 0.3) is 0 Å². The summed E-state index contributed by atoms with van der Waals surface area (Å²) in [4.78, 5) is 4.45. The van der Waals surface area contributed by atoms with Gasteiger partial charge in [-0.05, 0) is 62.5 Å². The number of aryl methyl sites for hydroxylation is 2. The summed E-state index contributed by atoms with van der Waals surface area (Å²) >= 11 is 0. The molecule has 1 aliphatic rings. The molecule has 0 aliphatic carbocycles. The van der Waals surface area contributed by atoms with Crippen molar-refractivity contribution in [3.63, 3.8) is 0 Å². The minimum absolute atomic E-state index is 0.728. The molecule has 0 radical (unpaired) electrons. The van der Waals surface area contributed by atoms with E-state index in [0.29, 0.717) is 0 Å². The third-order valence-corrected chi connectivity index (χ3v) is 4.51. The van der Waals surface area contributed by atoms with E-state index in [1.165, 1.54) is 35.2 Å². The molecule has 0 amide bonds. The van der Waals surface area contributed by atoms with E-state index >= 15 is 0 Å². The SMILES string of the molecule is Cc1cc(C2CCCNC2[SiH3])cc(C)n1. The van der Waals surface area contributed by atoms with Gasteiger partial charge in [-0.15, -0.1) is 0 Å².